The second-order valence-corrected chi connectivity index (χ2v) is 6.73. The fraction of sp³-hybridized carbons (Fsp3) is 0.722. The quantitative estimate of drug-likeness (QED) is 0.232. The van der Waals surface area contributed by atoms with Crippen LogP contribution in [0.25, 0.3) is 0 Å². The molecular weight excluding hydrogens is 443 g/mol. The zero-order valence-corrected chi connectivity index (χ0v) is 18.5. The van der Waals surface area contributed by atoms with Crippen molar-refractivity contribution in [3.8, 4) is 0 Å². The van der Waals surface area contributed by atoms with Gasteiger partial charge in [-0.15, -0.1) is 24.0 Å². The number of aromatic nitrogens is 2. The number of halogens is 1. The molecule has 0 radical (unpaired) electrons. The molecule has 26 heavy (non-hydrogen) atoms. The van der Waals surface area contributed by atoms with Gasteiger partial charge in [0.05, 0.1) is 5.69 Å². The third-order valence-electron chi connectivity index (χ3n) is 4.53. The van der Waals surface area contributed by atoms with E-state index in [4.69, 9.17) is 0 Å². The van der Waals surface area contributed by atoms with Crippen LogP contribution in [0, 0.1) is 13.8 Å². The van der Waals surface area contributed by atoms with E-state index < -0.39 is 0 Å². The number of carbonyl (C=O) groups is 1. The molecule has 0 unspecified atom stereocenters. The largest absolute Gasteiger partial charge is 0.356 e. The van der Waals surface area contributed by atoms with E-state index >= 15 is 0 Å². The molecule has 0 saturated heterocycles. The third kappa shape index (κ3) is 7.92. The lowest BCUT2D eigenvalue weighted by Gasteiger charge is -2.14. The van der Waals surface area contributed by atoms with Gasteiger partial charge in [0.1, 0.15) is 0 Å². The van der Waals surface area contributed by atoms with Crippen LogP contribution in [0.4, 0.5) is 0 Å². The molecule has 3 N–H and O–H groups in total. The van der Waals surface area contributed by atoms with E-state index in [1.165, 1.54) is 18.5 Å². The summed E-state index contributed by atoms with van der Waals surface area (Å²) in [6.07, 6.45) is 6.15. The first kappa shape index (κ1) is 22.7. The standard InChI is InChI=1S/C18H32N6O.HI/c1-14-13-15(2)24(23-14)12-6-10-20-18(19-3)21-11-9-17(25)22-16-7-4-5-8-16;/h13,16H,4-12H2,1-3H3,(H,22,25)(H2,19,20,21);1H. The summed E-state index contributed by atoms with van der Waals surface area (Å²) in [5.41, 5.74) is 2.24. The zero-order chi connectivity index (χ0) is 18.1. The molecule has 0 spiro atoms. The molecule has 0 bridgehead atoms. The van der Waals surface area contributed by atoms with E-state index in [0.717, 1.165) is 44.0 Å². The summed E-state index contributed by atoms with van der Waals surface area (Å²) in [6, 6.07) is 2.48. The second kappa shape index (κ2) is 12.1. The van der Waals surface area contributed by atoms with Crippen molar-refractivity contribution in [2.75, 3.05) is 20.1 Å². The molecule has 148 valence electrons. The van der Waals surface area contributed by atoms with E-state index in [1.807, 2.05) is 11.6 Å². The number of rotatable bonds is 8. The monoisotopic (exact) mass is 476 g/mol. The topological polar surface area (TPSA) is 83.3 Å². The van der Waals surface area contributed by atoms with Gasteiger partial charge in [0, 0.05) is 44.8 Å². The van der Waals surface area contributed by atoms with Gasteiger partial charge in [-0.3, -0.25) is 14.5 Å². The highest BCUT2D eigenvalue weighted by Crippen LogP contribution is 2.17. The van der Waals surface area contributed by atoms with Crippen molar-refractivity contribution in [2.24, 2.45) is 4.99 Å². The summed E-state index contributed by atoms with van der Waals surface area (Å²) in [7, 11) is 1.74. The van der Waals surface area contributed by atoms with Crippen molar-refractivity contribution in [1.29, 1.82) is 0 Å². The van der Waals surface area contributed by atoms with Gasteiger partial charge in [-0.05, 0) is 39.2 Å². The highest BCUT2D eigenvalue weighted by Gasteiger charge is 2.16. The summed E-state index contributed by atoms with van der Waals surface area (Å²) in [4.78, 5) is 16.1. The van der Waals surface area contributed by atoms with Crippen LogP contribution < -0.4 is 16.0 Å². The van der Waals surface area contributed by atoms with Crippen LogP contribution in [0.2, 0.25) is 0 Å². The van der Waals surface area contributed by atoms with Crippen LogP contribution in [0.1, 0.15) is 49.9 Å². The molecule has 0 atom stereocenters. The molecule has 1 saturated carbocycles. The molecule has 8 heteroatoms. The fourth-order valence-corrected chi connectivity index (χ4v) is 3.22. The first-order valence-corrected chi connectivity index (χ1v) is 9.33. The van der Waals surface area contributed by atoms with Gasteiger partial charge in [0.25, 0.3) is 0 Å². The van der Waals surface area contributed by atoms with Crippen molar-refractivity contribution >= 4 is 35.8 Å². The predicted molar refractivity (Wildman–Crippen MR) is 116 cm³/mol. The van der Waals surface area contributed by atoms with Crippen LogP contribution in [-0.2, 0) is 11.3 Å². The summed E-state index contributed by atoms with van der Waals surface area (Å²) in [6.45, 7) is 6.37. The summed E-state index contributed by atoms with van der Waals surface area (Å²) < 4.78 is 2.03. The normalized spacial score (nSPS) is 14.8. The average Bonchev–Trinajstić information content (AvgIpc) is 3.19. The minimum absolute atomic E-state index is 0. The molecule has 1 heterocycles. The van der Waals surface area contributed by atoms with Crippen LogP contribution in [0.5, 0.6) is 0 Å². The van der Waals surface area contributed by atoms with E-state index in [1.54, 1.807) is 7.05 Å². The van der Waals surface area contributed by atoms with Crippen LogP contribution >= 0.6 is 24.0 Å². The zero-order valence-electron chi connectivity index (χ0n) is 16.2. The van der Waals surface area contributed by atoms with Gasteiger partial charge in [-0.2, -0.15) is 5.10 Å². The van der Waals surface area contributed by atoms with Crippen LogP contribution in [0.15, 0.2) is 11.1 Å². The number of nitrogens with one attached hydrogen (secondary N) is 3. The average molecular weight is 476 g/mol. The van der Waals surface area contributed by atoms with Crippen molar-refractivity contribution in [1.82, 2.24) is 25.7 Å². The Labute approximate surface area is 173 Å². The molecule has 0 aromatic carbocycles. The van der Waals surface area contributed by atoms with Gasteiger partial charge < -0.3 is 16.0 Å². The Morgan fingerprint density at radius 1 is 1.27 bits per heavy atom. The Balaban J connectivity index is 0.00000338. The summed E-state index contributed by atoms with van der Waals surface area (Å²) in [5.74, 6) is 0.862. The molecule has 1 aromatic heterocycles. The molecular formula is C18H33IN6O. The lowest BCUT2D eigenvalue weighted by Crippen LogP contribution is -2.40. The second-order valence-electron chi connectivity index (χ2n) is 6.73. The van der Waals surface area contributed by atoms with Crippen molar-refractivity contribution in [2.45, 2.75) is 65.0 Å². The maximum Gasteiger partial charge on any atom is 0.221 e. The molecule has 7 nitrogen and oxygen atoms in total. The van der Waals surface area contributed by atoms with Crippen molar-refractivity contribution in [3.05, 3.63) is 17.5 Å². The Morgan fingerprint density at radius 2 is 1.96 bits per heavy atom. The number of guanidine groups is 1. The number of carbonyl (C=O) groups excluding carboxylic acids is 1. The SMILES string of the molecule is CN=C(NCCCn1nc(C)cc1C)NCCC(=O)NC1CCCC1.I. The molecule has 1 aliphatic rings. The van der Waals surface area contributed by atoms with Gasteiger partial charge in [0.15, 0.2) is 5.96 Å². The van der Waals surface area contributed by atoms with Crippen molar-refractivity contribution < 1.29 is 4.79 Å². The van der Waals surface area contributed by atoms with E-state index in [0.29, 0.717) is 19.0 Å². The number of aryl methyl sites for hydroxylation is 3. The first-order chi connectivity index (χ1) is 12.1. The lowest BCUT2D eigenvalue weighted by molar-refractivity contribution is -0.121. The lowest BCUT2D eigenvalue weighted by atomic mass is 10.2. The molecule has 0 aliphatic heterocycles. The highest BCUT2D eigenvalue weighted by molar-refractivity contribution is 14.0. The first-order valence-electron chi connectivity index (χ1n) is 9.33. The maximum atomic E-state index is 11.9. The van der Waals surface area contributed by atoms with Gasteiger partial charge in [-0.25, -0.2) is 0 Å². The molecule has 1 fully saturated rings. The molecule has 2 rings (SSSR count). The number of aliphatic imine (C=N–C) groups is 1. The van der Waals surface area contributed by atoms with Crippen LogP contribution in [0.3, 0.4) is 0 Å². The third-order valence-corrected chi connectivity index (χ3v) is 4.53. The van der Waals surface area contributed by atoms with E-state index in [2.05, 4.69) is 39.0 Å². The van der Waals surface area contributed by atoms with Gasteiger partial charge >= 0.3 is 0 Å². The Morgan fingerprint density at radius 3 is 2.58 bits per heavy atom. The highest BCUT2D eigenvalue weighted by atomic mass is 127. The van der Waals surface area contributed by atoms with Crippen LogP contribution in [-0.4, -0.2) is 47.8 Å². The number of nitrogens with zero attached hydrogens (tertiary/aromatic N) is 3. The Bertz CT molecular complexity index is 580. The number of amides is 1. The molecule has 1 amide bonds. The van der Waals surface area contributed by atoms with Gasteiger partial charge in [-0.1, -0.05) is 12.8 Å². The van der Waals surface area contributed by atoms with Crippen molar-refractivity contribution in [3.63, 3.8) is 0 Å². The van der Waals surface area contributed by atoms with E-state index in [9.17, 15) is 4.79 Å². The smallest absolute Gasteiger partial charge is 0.221 e. The minimum atomic E-state index is 0. The van der Waals surface area contributed by atoms with Gasteiger partial charge in [0.2, 0.25) is 5.91 Å². The summed E-state index contributed by atoms with van der Waals surface area (Å²) >= 11 is 0. The number of hydrogen-bond acceptors (Lipinski definition) is 3. The Kier molecular flexibility index (Phi) is 10.6. The number of hydrogen-bond donors (Lipinski definition) is 3. The van der Waals surface area contributed by atoms with E-state index in [-0.39, 0.29) is 29.9 Å². The molecule has 1 aliphatic carbocycles. The maximum absolute atomic E-state index is 11.9. The Hall–Kier alpha value is -1.32. The fourth-order valence-electron chi connectivity index (χ4n) is 3.22. The predicted octanol–water partition coefficient (Wildman–Crippen LogP) is 2.12. The molecule has 1 aromatic rings. The minimum Gasteiger partial charge on any atom is -0.356 e. The summed E-state index contributed by atoms with van der Waals surface area (Å²) in [5, 5.41) is 14.0.